The molecule has 1 aliphatic rings. The van der Waals surface area contributed by atoms with Crippen LogP contribution in [0.4, 0.5) is 5.69 Å². The van der Waals surface area contributed by atoms with E-state index in [1.165, 1.54) is 15.9 Å². The number of pyridine rings is 2. The second-order valence-corrected chi connectivity index (χ2v) is 9.11. The molecule has 5 rings (SSSR count). The van der Waals surface area contributed by atoms with Crippen LogP contribution in [0.15, 0.2) is 71.1 Å². The first-order chi connectivity index (χ1) is 17.1. The van der Waals surface area contributed by atoms with Gasteiger partial charge in [0.25, 0.3) is 11.5 Å². The van der Waals surface area contributed by atoms with Gasteiger partial charge in [-0.1, -0.05) is 36.4 Å². The molecule has 1 aliphatic heterocycles. The molecule has 0 aliphatic carbocycles. The largest absolute Gasteiger partial charge is 0.366 e. The smallest absolute Gasteiger partial charge is 0.271 e. The van der Waals surface area contributed by atoms with Gasteiger partial charge in [0.15, 0.2) is 5.78 Å². The van der Waals surface area contributed by atoms with Crippen LogP contribution in [0.3, 0.4) is 0 Å². The minimum absolute atomic E-state index is 0.0101. The number of aromatic nitrogens is 2. The number of hydrogen-bond acceptors (Lipinski definition) is 7. The van der Waals surface area contributed by atoms with Crippen LogP contribution in [-0.2, 0) is 6.54 Å². The molecule has 3 aromatic heterocycles. The fraction of sp³-hybridized carbons (Fsp3) is 0.192. The zero-order chi connectivity index (χ0) is 24.4. The van der Waals surface area contributed by atoms with Gasteiger partial charge < -0.3 is 9.80 Å². The Morgan fingerprint density at radius 1 is 1.03 bits per heavy atom. The Morgan fingerprint density at radius 3 is 2.49 bits per heavy atom. The number of ketones is 1. The average Bonchev–Trinajstić information content (AvgIpc) is 3.45. The van der Waals surface area contributed by atoms with Gasteiger partial charge in [-0.2, -0.15) is 5.26 Å². The minimum atomic E-state index is -0.524. The maximum Gasteiger partial charge on any atom is 0.271 e. The van der Waals surface area contributed by atoms with Crippen LogP contribution in [0.1, 0.15) is 25.6 Å². The number of piperazine rings is 1. The van der Waals surface area contributed by atoms with Crippen molar-refractivity contribution in [2.24, 2.45) is 0 Å². The summed E-state index contributed by atoms with van der Waals surface area (Å²) in [4.78, 5) is 47.7. The number of thiophene rings is 1. The zero-order valence-electron chi connectivity index (χ0n) is 18.8. The molecule has 0 saturated carbocycles. The Balaban J connectivity index is 1.50. The number of rotatable bonds is 5. The number of hydrogen-bond donors (Lipinski definition) is 0. The fourth-order valence-electron chi connectivity index (χ4n) is 4.42. The van der Waals surface area contributed by atoms with E-state index in [2.05, 4.69) is 11.1 Å². The van der Waals surface area contributed by atoms with Gasteiger partial charge in [-0.25, -0.2) is 0 Å². The highest BCUT2D eigenvalue weighted by Crippen LogP contribution is 2.29. The molecule has 4 aromatic rings. The number of anilines is 1. The molecular formula is C26H21N5O3S. The van der Waals surface area contributed by atoms with Gasteiger partial charge in [0.1, 0.15) is 11.6 Å². The Kier molecular flexibility index (Phi) is 6.12. The van der Waals surface area contributed by atoms with E-state index in [4.69, 9.17) is 0 Å². The van der Waals surface area contributed by atoms with Crippen LogP contribution >= 0.6 is 11.3 Å². The summed E-state index contributed by atoms with van der Waals surface area (Å²) in [6.45, 7) is 1.72. The predicted octanol–water partition coefficient (Wildman–Crippen LogP) is 3.17. The number of carbonyl (C=O) groups is 2. The van der Waals surface area contributed by atoms with Crippen molar-refractivity contribution < 1.29 is 9.59 Å². The molecule has 0 atom stereocenters. The second-order valence-electron chi connectivity index (χ2n) is 8.17. The molecule has 0 unspecified atom stereocenters. The topological polar surface area (TPSA) is 99.3 Å². The zero-order valence-corrected chi connectivity index (χ0v) is 19.6. The van der Waals surface area contributed by atoms with Crippen molar-refractivity contribution in [3.63, 3.8) is 0 Å². The quantitative estimate of drug-likeness (QED) is 0.404. The molecule has 0 bridgehead atoms. The van der Waals surface area contributed by atoms with Gasteiger partial charge in [-0.3, -0.25) is 23.9 Å². The first kappa shape index (κ1) is 22.5. The van der Waals surface area contributed by atoms with E-state index in [9.17, 15) is 19.6 Å². The summed E-state index contributed by atoms with van der Waals surface area (Å²) >= 11 is 1.41. The average molecular weight is 484 g/mol. The summed E-state index contributed by atoms with van der Waals surface area (Å²) in [6, 6.07) is 16.2. The lowest BCUT2D eigenvalue weighted by Crippen LogP contribution is -2.49. The molecule has 1 saturated heterocycles. The summed E-state index contributed by atoms with van der Waals surface area (Å²) in [6.07, 6.45) is 3.16. The molecule has 0 spiro atoms. The summed E-state index contributed by atoms with van der Waals surface area (Å²) in [7, 11) is 0. The lowest BCUT2D eigenvalue weighted by molar-refractivity contribution is 0.0751. The van der Waals surface area contributed by atoms with Crippen LogP contribution < -0.4 is 10.5 Å². The van der Waals surface area contributed by atoms with Crippen molar-refractivity contribution in [1.29, 1.82) is 5.26 Å². The van der Waals surface area contributed by atoms with Gasteiger partial charge in [0, 0.05) is 43.3 Å². The third kappa shape index (κ3) is 4.20. The fourth-order valence-corrected chi connectivity index (χ4v) is 5.11. The van der Waals surface area contributed by atoms with Crippen molar-refractivity contribution in [1.82, 2.24) is 14.5 Å². The maximum atomic E-state index is 13.4. The number of Topliss-reactive ketones (excluding diaryl/α,β-unsaturated/α-hetero) is 1. The molecule has 4 heterocycles. The van der Waals surface area contributed by atoms with E-state index in [0.717, 1.165) is 0 Å². The van der Waals surface area contributed by atoms with Crippen LogP contribution in [0.2, 0.25) is 0 Å². The van der Waals surface area contributed by atoms with E-state index >= 15 is 0 Å². The van der Waals surface area contributed by atoms with Gasteiger partial charge in [-0.05, 0) is 17.5 Å². The SMILES string of the molecule is N#Cc1c(N2CCN(C(=O)c3cccs3)CC2)c2ccncc2n(CC(=O)c2ccccc2)c1=O. The standard InChI is InChI=1S/C26H21N5O3S/c27-15-20-24(29-10-12-30(13-11-29)26(34)23-7-4-14-35-23)19-8-9-28-16-21(19)31(25(20)33)17-22(32)18-5-2-1-3-6-18/h1-9,14,16H,10-13,17H2. The Labute approximate surface area is 205 Å². The molecule has 1 amide bonds. The van der Waals surface area contributed by atoms with Crippen LogP contribution in [-0.4, -0.2) is 52.3 Å². The molecule has 0 radical (unpaired) electrons. The number of nitriles is 1. The highest BCUT2D eigenvalue weighted by Gasteiger charge is 2.28. The van der Waals surface area contributed by atoms with Crippen LogP contribution in [0.5, 0.6) is 0 Å². The van der Waals surface area contributed by atoms with Gasteiger partial charge in [0.2, 0.25) is 0 Å². The molecule has 1 aromatic carbocycles. The summed E-state index contributed by atoms with van der Waals surface area (Å²) < 4.78 is 1.33. The molecule has 9 heteroatoms. The third-order valence-electron chi connectivity index (χ3n) is 6.17. The molecule has 35 heavy (non-hydrogen) atoms. The number of benzene rings is 1. The lowest BCUT2D eigenvalue weighted by Gasteiger charge is -2.37. The molecular weight excluding hydrogens is 462 g/mol. The van der Waals surface area contributed by atoms with E-state index in [-0.39, 0.29) is 23.8 Å². The van der Waals surface area contributed by atoms with Crippen LogP contribution in [0.25, 0.3) is 10.9 Å². The van der Waals surface area contributed by atoms with E-state index in [1.807, 2.05) is 28.5 Å². The number of carbonyl (C=O) groups excluding carboxylic acids is 2. The van der Waals surface area contributed by atoms with Gasteiger partial charge in [-0.15, -0.1) is 11.3 Å². The van der Waals surface area contributed by atoms with E-state index < -0.39 is 5.56 Å². The van der Waals surface area contributed by atoms with E-state index in [0.29, 0.717) is 53.2 Å². The van der Waals surface area contributed by atoms with Crippen molar-refractivity contribution in [2.75, 3.05) is 31.1 Å². The van der Waals surface area contributed by atoms with Gasteiger partial charge in [0.05, 0.1) is 28.8 Å². The highest BCUT2D eigenvalue weighted by atomic mass is 32.1. The summed E-state index contributed by atoms with van der Waals surface area (Å²) in [5.74, 6) is -0.237. The van der Waals surface area contributed by atoms with Crippen LogP contribution in [0, 0.1) is 11.3 Å². The Hall–Kier alpha value is -4.29. The molecule has 0 N–H and O–H groups in total. The summed E-state index contributed by atoms with van der Waals surface area (Å²) in [5.41, 5.74) is 0.979. The molecule has 1 fully saturated rings. The monoisotopic (exact) mass is 483 g/mol. The minimum Gasteiger partial charge on any atom is -0.366 e. The number of amides is 1. The lowest BCUT2D eigenvalue weighted by atomic mass is 10.1. The first-order valence-corrected chi connectivity index (χ1v) is 12.0. The van der Waals surface area contributed by atoms with E-state index in [1.54, 1.807) is 47.6 Å². The van der Waals surface area contributed by atoms with Crippen molar-refractivity contribution in [3.05, 3.63) is 92.7 Å². The number of fused-ring (bicyclic) bond motifs is 1. The second kappa shape index (κ2) is 9.52. The Bertz CT molecular complexity index is 1500. The predicted molar refractivity (Wildman–Crippen MR) is 134 cm³/mol. The normalized spacial score (nSPS) is 13.6. The first-order valence-electron chi connectivity index (χ1n) is 11.1. The number of nitrogens with zero attached hydrogens (tertiary/aromatic N) is 5. The molecule has 174 valence electrons. The van der Waals surface area contributed by atoms with Gasteiger partial charge >= 0.3 is 0 Å². The maximum absolute atomic E-state index is 13.4. The molecule has 8 nitrogen and oxygen atoms in total. The Morgan fingerprint density at radius 2 is 1.80 bits per heavy atom. The van der Waals surface area contributed by atoms with Crippen molar-refractivity contribution in [3.8, 4) is 6.07 Å². The van der Waals surface area contributed by atoms with Crippen molar-refractivity contribution >= 4 is 39.6 Å². The van der Waals surface area contributed by atoms with Crippen molar-refractivity contribution in [2.45, 2.75) is 6.54 Å². The summed E-state index contributed by atoms with van der Waals surface area (Å²) in [5, 5.41) is 12.5. The third-order valence-corrected chi connectivity index (χ3v) is 7.02. The highest BCUT2D eigenvalue weighted by molar-refractivity contribution is 7.12.